The van der Waals surface area contributed by atoms with Crippen LogP contribution in [0.2, 0.25) is 0 Å². The van der Waals surface area contributed by atoms with Crippen molar-refractivity contribution in [2.24, 2.45) is 0 Å². The van der Waals surface area contributed by atoms with Gasteiger partial charge in [0.2, 0.25) is 0 Å². The van der Waals surface area contributed by atoms with Crippen LogP contribution in [-0.4, -0.2) is 20.2 Å². The summed E-state index contributed by atoms with van der Waals surface area (Å²) >= 11 is 0. The molecule has 0 saturated heterocycles. The van der Waals surface area contributed by atoms with Crippen molar-refractivity contribution in [3.8, 4) is 0 Å². The Morgan fingerprint density at radius 1 is 1.17 bits per heavy atom. The Bertz CT molecular complexity index is 765. The number of fused-ring (bicyclic) bond motifs is 1. The van der Waals surface area contributed by atoms with Gasteiger partial charge in [-0.25, -0.2) is 20.9 Å². The number of allylic oxidation sites excluding steroid dienone is 2. The molecule has 6 heteroatoms. The fraction of sp³-hybridized carbons (Fsp3) is 0.353. The summed E-state index contributed by atoms with van der Waals surface area (Å²) in [5.41, 5.74) is 3.47. The maximum Gasteiger partial charge on any atom is 0.139 e. The number of anilines is 2. The van der Waals surface area contributed by atoms with Crippen LogP contribution in [0.15, 0.2) is 29.0 Å². The number of H-pyrrole nitrogens is 1. The van der Waals surface area contributed by atoms with Gasteiger partial charge in [0.1, 0.15) is 17.5 Å². The third-order valence-electron chi connectivity index (χ3n) is 4.18. The summed E-state index contributed by atoms with van der Waals surface area (Å²) in [5, 5.41) is 15.2. The van der Waals surface area contributed by atoms with Crippen LogP contribution in [0.25, 0.3) is 0 Å². The molecule has 2 aromatic heterocycles. The van der Waals surface area contributed by atoms with E-state index in [0.29, 0.717) is 0 Å². The molecule has 0 fully saturated rings. The van der Waals surface area contributed by atoms with Crippen LogP contribution < -0.4 is 5.32 Å². The van der Waals surface area contributed by atoms with E-state index in [1.54, 1.807) is 0 Å². The van der Waals surface area contributed by atoms with Gasteiger partial charge >= 0.3 is 0 Å². The van der Waals surface area contributed by atoms with Gasteiger partial charge in [-0.1, -0.05) is 12.2 Å². The minimum Gasteiger partial charge on any atom is -0.325 e. The normalized spacial score (nSPS) is 17.5. The third-order valence-corrected chi connectivity index (χ3v) is 5.94. The Morgan fingerprint density at radius 2 is 2.00 bits per heavy atom. The summed E-state index contributed by atoms with van der Waals surface area (Å²) in [4.78, 5) is 9.69. The second kappa shape index (κ2) is 6.20. The molecule has 0 unspecified atom stereocenters. The minimum absolute atomic E-state index is 0.236. The van der Waals surface area contributed by atoms with E-state index >= 15 is 0 Å². The molecule has 3 heterocycles. The monoisotopic (exact) mass is 327 g/mol. The number of aromatic nitrogens is 4. The number of nitrogens with zero attached hydrogens (tertiary/aromatic N) is 3. The van der Waals surface area contributed by atoms with Gasteiger partial charge in [-0.3, -0.25) is 5.10 Å². The molecular weight excluding hydrogens is 306 g/mol. The molecule has 5 nitrogen and oxygen atoms in total. The topological polar surface area (TPSA) is 66.5 Å². The quantitative estimate of drug-likeness (QED) is 0.750. The average Bonchev–Trinajstić information content (AvgIpc) is 3.19. The molecule has 2 aliphatic rings. The highest BCUT2D eigenvalue weighted by molar-refractivity contribution is 8.21. The number of aromatic amines is 1. The van der Waals surface area contributed by atoms with E-state index in [0.717, 1.165) is 41.7 Å². The Morgan fingerprint density at radius 3 is 2.78 bits per heavy atom. The van der Waals surface area contributed by atoms with Gasteiger partial charge in [0.25, 0.3) is 0 Å². The van der Waals surface area contributed by atoms with Gasteiger partial charge in [0.05, 0.1) is 5.69 Å². The lowest BCUT2D eigenvalue weighted by Crippen LogP contribution is -2.13. The Labute approximate surface area is 138 Å². The van der Waals surface area contributed by atoms with Crippen LogP contribution in [-0.2, 0) is 18.6 Å². The first kappa shape index (κ1) is 14.5. The average molecular weight is 327 g/mol. The summed E-state index contributed by atoms with van der Waals surface area (Å²) in [6.07, 6.45) is 8.79. The summed E-state index contributed by atoms with van der Waals surface area (Å²) in [5.74, 6) is 3.72. The predicted octanol–water partition coefficient (Wildman–Crippen LogP) is 3.67. The van der Waals surface area contributed by atoms with Crippen LogP contribution in [0.1, 0.15) is 35.6 Å². The van der Waals surface area contributed by atoms with Crippen molar-refractivity contribution in [2.45, 2.75) is 38.4 Å². The summed E-state index contributed by atoms with van der Waals surface area (Å²) in [6.45, 7) is 1.98. The smallest absolute Gasteiger partial charge is 0.139 e. The molecular formula is C17H21N5S. The van der Waals surface area contributed by atoms with Crippen molar-refractivity contribution in [2.75, 3.05) is 5.32 Å². The number of rotatable bonds is 4. The lowest BCUT2D eigenvalue weighted by Gasteiger charge is -2.20. The molecule has 4 rings (SSSR count). The first-order valence-corrected chi connectivity index (χ1v) is 9.73. The molecule has 1 aliphatic heterocycles. The maximum absolute atomic E-state index is 4.86. The van der Waals surface area contributed by atoms with Crippen molar-refractivity contribution in [1.29, 1.82) is 0 Å². The van der Waals surface area contributed by atoms with Crippen molar-refractivity contribution >= 4 is 22.5 Å². The highest BCUT2D eigenvalue weighted by Gasteiger charge is 2.19. The lowest BCUT2D eigenvalue weighted by atomic mass is 9.96. The van der Waals surface area contributed by atoms with Crippen molar-refractivity contribution < 1.29 is 0 Å². The molecule has 0 amide bonds. The fourth-order valence-electron chi connectivity index (χ4n) is 3.07. The van der Waals surface area contributed by atoms with E-state index in [-0.39, 0.29) is 10.9 Å². The van der Waals surface area contributed by atoms with Gasteiger partial charge in [-0.15, -0.1) is 0 Å². The second-order valence-corrected chi connectivity index (χ2v) is 7.97. The zero-order valence-electron chi connectivity index (χ0n) is 13.2. The van der Waals surface area contributed by atoms with Crippen molar-refractivity contribution in [3.63, 3.8) is 0 Å². The number of hydrogen-bond acceptors (Lipinski definition) is 4. The number of hydrogen-bond donors (Lipinski definition) is 3. The second-order valence-electron chi connectivity index (χ2n) is 6.02. The minimum atomic E-state index is -0.236. The Kier molecular flexibility index (Phi) is 3.91. The molecule has 1 aliphatic carbocycles. The van der Waals surface area contributed by atoms with E-state index in [1.807, 2.05) is 13.0 Å². The molecule has 0 radical (unpaired) electrons. The SMILES string of the molecule is Cc1cc(Nc2nc(C[SH]3C=CC=C3)nc3c2CCCC3)[nH]n1. The van der Waals surface area contributed by atoms with Gasteiger partial charge in [-0.05, 0) is 43.4 Å². The van der Waals surface area contributed by atoms with E-state index in [4.69, 9.17) is 9.97 Å². The van der Waals surface area contributed by atoms with E-state index in [2.05, 4.69) is 38.5 Å². The first-order valence-electron chi connectivity index (χ1n) is 8.06. The standard InChI is InChI=1S/C17H21N5S/c1-12-10-15(22-21-12)19-17-13-6-2-3-7-14(13)18-16(20-17)11-23-8-4-5-9-23/h4-5,8-10,23H,2-3,6-7,11H2,1H3,(H2,18,19,20,21,22). The van der Waals surface area contributed by atoms with Crippen LogP contribution >= 0.6 is 10.9 Å². The van der Waals surface area contributed by atoms with Crippen molar-refractivity contribution in [3.05, 3.63) is 51.8 Å². The van der Waals surface area contributed by atoms with Crippen LogP contribution in [0.5, 0.6) is 0 Å². The number of thiol groups is 1. The summed E-state index contributed by atoms with van der Waals surface area (Å²) < 4.78 is 0. The van der Waals surface area contributed by atoms with E-state index < -0.39 is 0 Å². The molecule has 2 N–H and O–H groups in total. The van der Waals surface area contributed by atoms with Gasteiger partial charge < -0.3 is 5.32 Å². The van der Waals surface area contributed by atoms with E-state index in [9.17, 15) is 0 Å². The third kappa shape index (κ3) is 3.17. The highest BCUT2D eigenvalue weighted by Crippen LogP contribution is 2.37. The number of nitrogens with one attached hydrogen (secondary N) is 2. The summed E-state index contributed by atoms with van der Waals surface area (Å²) in [7, 11) is -0.236. The van der Waals surface area contributed by atoms with Crippen LogP contribution in [0, 0.1) is 6.92 Å². The molecule has 2 aromatic rings. The van der Waals surface area contributed by atoms with Crippen LogP contribution in [0.4, 0.5) is 11.6 Å². The molecule has 0 spiro atoms. The molecule has 0 bridgehead atoms. The van der Waals surface area contributed by atoms with Crippen LogP contribution in [0.3, 0.4) is 0 Å². The lowest BCUT2D eigenvalue weighted by molar-refractivity contribution is 0.659. The zero-order valence-corrected chi connectivity index (χ0v) is 14.1. The maximum atomic E-state index is 4.86. The molecule has 23 heavy (non-hydrogen) atoms. The van der Waals surface area contributed by atoms with Gasteiger partial charge in [0.15, 0.2) is 0 Å². The number of aryl methyl sites for hydroxylation is 2. The zero-order chi connectivity index (χ0) is 15.6. The van der Waals surface area contributed by atoms with Gasteiger partial charge in [0, 0.05) is 23.1 Å². The Balaban J connectivity index is 1.66. The molecule has 0 aromatic carbocycles. The summed E-state index contributed by atoms with van der Waals surface area (Å²) in [6, 6.07) is 2.00. The fourth-order valence-corrected chi connectivity index (χ4v) is 4.49. The van der Waals surface area contributed by atoms with Gasteiger partial charge in [-0.2, -0.15) is 5.10 Å². The highest BCUT2D eigenvalue weighted by atomic mass is 32.2. The molecule has 0 saturated carbocycles. The predicted molar refractivity (Wildman–Crippen MR) is 96.3 cm³/mol. The first-order chi connectivity index (χ1) is 11.3. The largest absolute Gasteiger partial charge is 0.325 e. The molecule has 0 atom stereocenters. The van der Waals surface area contributed by atoms with E-state index in [1.165, 1.54) is 24.1 Å². The Hall–Kier alpha value is -2.08. The molecule has 120 valence electrons. The van der Waals surface area contributed by atoms with Crippen molar-refractivity contribution in [1.82, 2.24) is 20.2 Å².